The first-order valence-corrected chi connectivity index (χ1v) is 13.8. The highest BCUT2D eigenvalue weighted by molar-refractivity contribution is 5.96. The maximum Gasteiger partial charge on any atom is 0.410 e. The molecule has 2 aromatic heterocycles. The molecule has 0 aromatic carbocycles. The smallest absolute Gasteiger partial charge is 0.410 e. The number of aromatic nitrogens is 3. The summed E-state index contributed by atoms with van der Waals surface area (Å²) in [7, 11) is 1.69. The standard InChI is InChI=1S/C29H45N5O4/c1-20(2)19-37-27(35)26-23(24-17-31-34(21(24)3)18-22-11-9-8-10-12-22)13-14-25(32-26)30-15-16-33(7)28(36)38-29(4,5)6/h13-14,17,20,22H,8-12,15-16,18-19H2,1-7H3,(H,30,32). The van der Waals surface area contributed by atoms with Gasteiger partial charge in [0, 0.05) is 43.5 Å². The van der Waals surface area contributed by atoms with E-state index in [0.29, 0.717) is 37.0 Å². The Balaban J connectivity index is 1.77. The lowest BCUT2D eigenvalue weighted by Crippen LogP contribution is -2.36. The zero-order chi connectivity index (χ0) is 27.9. The Morgan fingerprint density at radius 2 is 1.87 bits per heavy atom. The van der Waals surface area contributed by atoms with E-state index < -0.39 is 11.6 Å². The molecule has 0 radical (unpaired) electrons. The van der Waals surface area contributed by atoms with Gasteiger partial charge in [0.2, 0.25) is 0 Å². The van der Waals surface area contributed by atoms with Gasteiger partial charge < -0.3 is 19.7 Å². The van der Waals surface area contributed by atoms with Gasteiger partial charge in [0.15, 0.2) is 5.69 Å². The molecule has 1 N–H and O–H groups in total. The van der Waals surface area contributed by atoms with E-state index in [0.717, 1.165) is 17.8 Å². The molecular formula is C29H45N5O4. The molecule has 0 unspecified atom stereocenters. The summed E-state index contributed by atoms with van der Waals surface area (Å²) in [6.45, 7) is 13.6. The number of nitrogens with one attached hydrogen (secondary N) is 1. The Kier molecular flexibility index (Phi) is 10.2. The molecule has 2 aromatic rings. The van der Waals surface area contributed by atoms with E-state index in [2.05, 4.69) is 20.1 Å². The van der Waals surface area contributed by atoms with Crippen molar-refractivity contribution in [2.75, 3.05) is 32.1 Å². The zero-order valence-corrected chi connectivity index (χ0v) is 24.2. The molecule has 9 heteroatoms. The maximum absolute atomic E-state index is 13.1. The number of amides is 1. The maximum atomic E-state index is 13.1. The van der Waals surface area contributed by atoms with Crippen molar-refractivity contribution in [3.8, 4) is 11.1 Å². The van der Waals surface area contributed by atoms with E-state index in [9.17, 15) is 9.59 Å². The normalized spacial score (nSPS) is 14.4. The molecule has 1 saturated carbocycles. The molecule has 2 heterocycles. The van der Waals surface area contributed by atoms with Gasteiger partial charge in [-0.25, -0.2) is 14.6 Å². The predicted molar refractivity (Wildman–Crippen MR) is 149 cm³/mol. The number of pyridine rings is 1. The number of carbonyl (C=O) groups is 2. The monoisotopic (exact) mass is 527 g/mol. The van der Waals surface area contributed by atoms with E-state index in [4.69, 9.17) is 9.47 Å². The first-order chi connectivity index (χ1) is 17.9. The molecule has 1 aliphatic rings. The minimum Gasteiger partial charge on any atom is -0.461 e. The minimum absolute atomic E-state index is 0.215. The van der Waals surface area contributed by atoms with Gasteiger partial charge >= 0.3 is 12.1 Å². The molecule has 0 bridgehead atoms. The van der Waals surface area contributed by atoms with Gasteiger partial charge in [-0.2, -0.15) is 5.10 Å². The van der Waals surface area contributed by atoms with Crippen LogP contribution in [-0.2, 0) is 16.0 Å². The van der Waals surface area contributed by atoms with Gasteiger partial charge in [-0.1, -0.05) is 33.1 Å². The number of hydrogen-bond donors (Lipinski definition) is 1. The van der Waals surface area contributed by atoms with Crippen LogP contribution in [0.5, 0.6) is 0 Å². The summed E-state index contributed by atoms with van der Waals surface area (Å²) in [4.78, 5) is 31.5. The van der Waals surface area contributed by atoms with Crippen molar-refractivity contribution < 1.29 is 19.1 Å². The van der Waals surface area contributed by atoms with Crippen LogP contribution in [0.2, 0.25) is 0 Å². The summed E-state index contributed by atoms with van der Waals surface area (Å²) in [5.41, 5.74) is 2.33. The van der Waals surface area contributed by atoms with Gasteiger partial charge in [-0.05, 0) is 64.5 Å². The third-order valence-electron chi connectivity index (χ3n) is 6.64. The second-order valence-electron chi connectivity index (χ2n) is 11.7. The van der Waals surface area contributed by atoms with E-state index in [1.165, 1.54) is 37.0 Å². The highest BCUT2D eigenvalue weighted by atomic mass is 16.6. The molecule has 0 aliphatic heterocycles. The van der Waals surface area contributed by atoms with Gasteiger partial charge in [-0.15, -0.1) is 0 Å². The number of rotatable bonds is 10. The third-order valence-corrected chi connectivity index (χ3v) is 6.64. The molecule has 1 fully saturated rings. The fourth-order valence-electron chi connectivity index (χ4n) is 4.53. The molecule has 38 heavy (non-hydrogen) atoms. The summed E-state index contributed by atoms with van der Waals surface area (Å²) in [6.07, 6.45) is 7.83. The topological polar surface area (TPSA) is 98.6 Å². The molecule has 0 saturated heterocycles. The van der Waals surface area contributed by atoms with Crippen molar-refractivity contribution in [3.63, 3.8) is 0 Å². The highest BCUT2D eigenvalue weighted by Gasteiger charge is 2.23. The lowest BCUT2D eigenvalue weighted by Gasteiger charge is -2.24. The van der Waals surface area contributed by atoms with Gasteiger partial charge in [-0.3, -0.25) is 4.68 Å². The zero-order valence-electron chi connectivity index (χ0n) is 24.2. The van der Waals surface area contributed by atoms with Crippen LogP contribution < -0.4 is 5.32 Å². The Bertz CT molecular complexity index is 1080. The second-order valence-corrected chi connectivity index (χ2v) is 11.7. The van der Waals surface area contributed by atoms with E-state index in [1.807, 2.05) is 59.9 Å². The summed E-state index contributed by atoms with van der Waals surface area (Å²) in [5.74, 6) is 0.944. The van der Waals surface area contributed by atoms with Crippen LogP contribution in [0.3, 0.4) is 0 Å². The molecule has 210 valence electrons. The SMILES string of the molecule is Cc1c(-c2ccc(NCCN(C)C(=O)OC(C)(C)C)nc2C(=O)OCC(C)C)cnn1CC1CCCCC1. The average Bonchev–Trinajstić information content (AvgIpc) is 3.21. The summed E-state index contributed by atoms with van der Waals surface area (Å²) in [6, 6.07) is 3.74. The van der Waals surface area contributed by atoms with E-state index in [1.54, 1.807) is 7.05 Å². The van der Waals surface area contributed by atoms with Gasteiger partial charge in [0.05, 0.1) is 12.8 Å². The summed E-state index contributed by atoms with van der Waals surface area (Å²) < 4.78 is 13.0. The van der Waals surface area contributed by atoms with Crippen LogP contribution in [0.1, 0.15) is 82.9 Å². The average molecular weight is 528 g/mol. The van der Waals surface area contributed by atoms with Crippen LogP contribution in [0, 0.1) is 18.8 Å². The Morgan fingerprint density at radius 1 is 1.16 bits per heavy atom. The number of likely N-dealkylation sites (N-methyl/N-ethyl adjacent to an activating group) is 1. The van der Waals surface area contributed by atoms with Crippen molar-refractivity contribution in [3.05, 3.63) is 29.7 Å². The summed E-state index contributed by atoms with van der Waals surface area (Å²) in [5, 5.41) is 7.88. The number of hydrogen-bond acceptors (Lipinski definition) is 7. The Labute approximate surface area is 227 Å². The molecule has 3 rings (SSSR count). The molecular weight excluding hydrogens is 482 g/mol. The molecule has 9 nitrogen and oxygen atoms in total. The van der Waals surface area contributed by atoms with Crippen molar-refractivity contribution >= 4 is 17.9 Å². The van der Waals surface area contributed by atoms with Crippen molar-refractivity contribution in [1.82, 2.24) is 19.7 Å². The fourth-order valence-corrected chi connectivity index (χ4v) is 4.53. The minimum atomic E-state index is -0.552. The molecule has 1 aliphatic carbocycles. The van der Waals surface area contributed by atoms with Crippen LogP contribution in [0.4, 0.5) is 10.6 Å². The van der Waals surface area contributed by atoms with Crippen molar-refractivity contribution in [2.24, 2.45) is 11.8 Å². The van der Waals surface area contributed by atoms with E-state index in [-0.39, 0.29) is 17.7 Å². The highest BCUT2D eigenvalue weighted by Crippen LogP contribution is 2.30. The van der Waals surface area contributed by atoms with Gasteiger partial charge in [0.1, 0.15) is 11.4 Å². The summed E-state index contributed by atoms with van der Waals surface area (Å²) >= 11 is 0. The second kappa shape index (κ2) is 13.1. The lowest BCUT2D eigenvalue weighted by molar-refractivity contribution is 0.0305. The first kappa shape index (κ1) is 29.5. The Hall–Kier alpha value is -3.10. The molecule has 1 amide bonds. The van der Waals surface area contributed by atoms with Crippen LogP contribution in [0.15, 0.2) is 18.3 Å². The number of ether oxygens (including phenoxy) is 2. The number of nitrogens with zero attached hydrogens (tertiary/aromatic N) is 4. The number of anilines is 1. The van der Waals surface area contributed by atoms with Crippen LogP contribution in [0.25, 0.3) is 11.1 Å². The van der Waals surface area contributed by atoms with Crippen LogP contribution >= 0.6 is 0 Å². The van der Waals surface area contributed by atoms with E-state index >= 15 is 0 Å². The van der Waals surface area contributed by atoms with Crippen molar-refractivity contribution in [1.29, 1.82) is 0 Å². The number of esters is 1. The Morgan fingerprint density at radius 3 is 2.53 bits per heavy atom. The van der Waals surface area contributed by atoms with Crippen molar-refractivity contribution in [2.45, 2.75) is 85.8 Å². The molecule has 0 spiro atoms. The van der Waals surface area contributed by atoms with Crippen LogP contribution in [-0.4, -0.2) is 64.1 Å². The third kappa shape index (κ3) is 8.46. The first-order valence-electron chi connectivity index (χ1n) is 13.8. The fraction of sp³-hybridized carbons (Fsp3) is 0.655. The molecule has 0 atom stereocenters. The largest absolute Gasteiger partial charge is 0.461 e. The lowest BCUT2D eigenvalue weighted by atomic mass is 9.89. The predicted octanol–water partition coefficient (Wildman–Crippen LogP) is 5.93. The van der Waals surface area contributed by atoms with Gasteiger partial charge in [0.25, 0.3) is 0 Å². The number of carbonyl (C=O) groups excluding carboxylic acids is 2. The quantitative estimate of drug-likeness (QED) is 0.383.